The lowest BCUT2D eigenvalue weighted by atomic mass is 9.85. The molecule has 262 valence electrons. The van der Waals surface area contributed by atoms with Crippen LogP contribution in [0.3, 0.4) is 0 Å². The van der Waals surface area contributed by atoms with Gasteiger partial charge in [-0.3, -0.25) is 0 Å². The molecule has 10 nitrogen and oxygen atoms in total. The molecule has 2 aliphatic heterocycles. The van der Waals surface area contributed by atoms with E-state index in [0.717, 1.165) is 47.8 Å². The fourth-order valence-electron chi connectivity index (χ4n) is 5.41. The van der Waals surface area contributed by atoms with Crippen LogP contribution in [0.4, 0.5) is 0 Å². The first-order valence-electron chi connectivity index (χ1n) is 17.1. The molecule has 48 heavy (non-hydrogen) atoms. The molecule has 2 fully saturated rings. The Morgan fingerprint density at radius 3 is 1.46 bits per heavy atom. The van der Waals surface area contributed by atoms with Crippen LogP contribution in [0.5, 0.6) is 17.2 Å². The molecule has 0 spiro atoms. The van der Waals surface area contributed by atoms with Gasteiger partial charge in [-0.1, -0.05) is 36.4 Å². The summed E-state index contributed by atoms with van der Waals surface area (Å²) in [7, 11) is -2.69. The van der Waals surface area contributed by atoms with E-state index in [1.54, 1.807) is 0 Å². The lowest BCUT2D eigenvalue weighted by Crippen LogP contribution is -2.46. The molecular formula is C37H50O10Si. The maximum Gasteiger partial charge on any atom is 0.501 e. The van der Waals surface area contributed by atoms with Gasteiger partial charge in [0.2, 0.25) is 0 Å². The van der Waals surface area contributed by atoms with E-state index in [4.69, 9.17) is 41.7 Å². The van der Waals surface area contributed by atoms with Gasteiger partial charge in [-0.15, -0.1) is 0 Å². The molecule has 0 bridgehead atoms. The van der Waals surface area contributed by atoms with Crippen molar-refractivity contribution < 1.29 is 46.8 Å². The third-order valence-electron chi connectivity index (χ3n) is 7.93. The summed E-state index contributed by atoms with van der Waals surface area (Å²) in [6.07, 6.45) is 0.376. The lowest BCUT2D eigenvalue weighted by molar-refractivity contribution is 0.0102. The van der Waals surface area contributed by atoms with Gasteiger partial charge >= 0.3 is 8.80 Å². The summed E-state index contributed by atoms with van der Waals surface area (Å²) in [5.74, 6) is 2.30. The van der Waals surface area contributed by atoms with Crippen LogP contribution in [-0.2, 0) is 27.5 Å². The van der Waals surface area contributed by atoms with Crippen LogP contribution in [0.2, 0.25) is 6.04 Å². The highest BCUT2D eigenvalue weighted by Gasteiger charge is 2.39. The van der Waals surface area contributed by atoms with Gasteiger partial charge in [0.15, 0.2) is 0 Å². The average Bonchev–Trinajstić information content (AvgIpc) is 4.04. The summed E-state index contributed by atoms with van der Waals surface area (Å²) in [5, 5.41) is 10.5. The normalized spacial score (nSPS) is 18.2. The zero-order chi connectivity index (χ0) is 33.6. The van der Waals surface area contributed by atoms with Gasteiger partial charge in [0.05, 0.1) is 19.8 Å². The van der Waals surface area contributed by atoms with Crippen molar-refractivity contribution >= 4 is 8.80 Å². The second-order valence-corrected chi connectivity index (χ2v) is 14.5. The van der Waals surface area contributed by atoms with Crippen LogP contribution in [0.15, 0.2) is 72.8 Å². The van der Waals surface area contributed by atoms with Crippen molar-refractivity contribution in [1.82, 2.24) is 0 Å². The standard InChI is InChI=1S/C37H50O10Si/c1-4-45-48(46-5-2,47-6-3)21-7-20-39-22-31(38)23-40-32-14-8-28(9-15-32)37(29-10-16-33(17-11-29)41-24-35-26-43-35)30-12-18-34(19-13-30)42-25-36-27-44-36/h8-19,31,35-38H,4-7,20-27H2,1-3H3. The molecule has 0 aromatic heterocycles. The van der Waals surface area contributed by atoms with Crippen molar-refractivity contribution in [2.75, 3.05) is 66.1 Å². The van der Waals surface area contributed by atoms with Crippen LogP contribution in [0.1, 0.15) is 49.8 Å². The SMILES string of the molecule is CCO[Si](CCCOCC(O)COc1ccc(C(c2ccc(OCC3CO3)cc2)c2ccc(OCC3CO3)cc2)cc1)(OCC)OCC. The van der Waals surface area contributed by atoms with Gasteiger partial charge in [0.1, 0.15) is 55.4 Å². The predicted molar refractivity (Wildman–Crippen MR) is 183 cm³/mol. The summed E-state index contributed by atoms with van der Waals surface area (Å²) in [5.41, 5.74) is 3.38. The maximum absolute atomic E-state index is 10.5. The maximum atomic E-state index is 10.5. The van der Waals surface area contributed by atoms with E-state index in [-0.39, 0.29) is 31.3 Å². The minimum absolute atomic E-state index is 0.0188. The molecule has 2 saturated heterocycles. The second kappa shape index (κ2) is 18.7. The number of aliphatic hydroxyl groups is 1. The van der Waals surface area contributed by atoms with Crippen LogP contribution >= 0.6 is 0 Å². The van der Waals surface area contributed by atoms with Crippen LogP contribution in [0.25, 0.3) is 0 Å². The third-order valence-corrected chi connectivity index (χ3v) is 11.1. The molecule has 0 saturated carbocycles. The first kappa shape index (κ1) is 36.3. The van der Waals surface area contributed by atoms with Crippen molar-refractivity contribution in [3.63, 3.8) is 0 Å². The number of hydrogen-bond acceptors (Lipinski definition) is 10. The highest BCUT2D eigenvalue weighted by atomic mass is 28.4. The van der Waals surface area contributed by atoms with Crippen LogP contribution in [-0.4, -0.2) is 98.3 Å². The van der Waals surface area contributed by atoms with E-state index in [9.17, 15) is 5.11 Å². The topological polar surface area (TPSA) is 110 Å². The summed E-state index contributed by atoms with van der Waals surface area (Å²) in [6, 6.07) is 25.1. The third kappa shape index (κ3) is 11.6. The van der Waals surface area contributed by atoms with Crippen LogP contribution < -0.4 is 14.2 Å². The Balaban J connectivity index is 1.14. The van der Waals surface area contributed by atoms with Gasteiger partial charge in [-0.05, 0) is 80.3 Å². The van der Waals surface area contributed by atoms with Crippen molar-refractivity contribution in [2.45, 2.75) is 57.5 Å². The second-order valence-electron chi connectivity index (χ2n) is 11.8. The molecule has 3 atom stereocenters. The Morgan fingerprint density at radius 1 is 0.646 bits per heavy atom. The largest absolute Gasteiger partial charge is 0.501 e. The van der Waals surface area contributed by atoms with Crippen molar-refractivity contribution in [3.8, 4) is 17.2 Å². The number of hydrogen-bond donors (Lipinski definition) is 1. The van der Waals surface area contributed by atoms with Crippen molar-refractivity contribution in [3.05, 3.63) is 89.5 Å². The number of aliphatic hydroxyl groups excluding tert-OH is 1. The van der Waals surface area contributed by atoms with Gasteiger partial charge < -0.3 is 46.8 Å². The van der Waals surface area contributed by atoms with Gasteiger partial charge in [-0.25, -0.2) is 0 Å². The minimum atomic E-state index is -2.69. The van der Waals surface area contributed by atoms with E-state index >= 15 is 0 Å². The van der Waals surface area contributed by atoms with E-state index in [1.807, 2.05) is 57.2 Å². The number of ether oxygens (including phenoxy) is 6. The summed E-state index contributed by atoms with van der Waals surface area (Å²) in [4.78, 5) is 0. The number of benzene rings is 3. The first-order valence-corrected chi connectivity index (χ1v) is 19.0. The Morgan fingerprint density at radius 2 is 1.06 bits per heavy atom. The fourth-order valence-corrected chi connectivity index (χ4v) is 7.99. The molecule has 2 heterocycles. The molecule has 0 radical (unpaired) electrons. The summed E-state index contributed by atoms with van der Waals surface area (Å²) < 4.78 is 51.6. The number of epoxide rings is 2. The van der Waals surface area contributed by atoms with Crippen molar-refractivity contribution in [2.24, 2.45) is 0 Å². The number of rotatable bonds is 24. The molecule has 2 aliphatic rings. The molecule has 3 unspecified atom stereocenters. The molecular weight excluding hydrogens is 632 g/mol. The monoisotopic (exact) mass is 682 g/mol. The highest BCUT2D eigenvalue weighted by molar-refractivity contribution is 6.60. The Hall–Kier alpha value is -3.00. The Bertz CT molecular complexity index is 1250. The quantitative estimate of drug-likeness (QED) is 0.0554. The zero-order valence-electron chi connectivity index (χ0n) is 28.3. The van der Waals surface area contributed by atoms with Gasteiger partial charge in [-0.2, -0.15) is 0 Å². The zero-order valence-corrected chi connectivity index (χ0v) is 29.3. The molecule has 3 aromatic carbocycles. The molecule has 0 amide bonds. The first-order chi connectivity index (χ1) is 23.5. The molecule has 3 aromatic rings. The van der Waals surface area contributed by atoms with E-state index in [1.165, 1.54) is 0 Å². The molecule has 5 rings (SSSR count). The van der Waals surface area contributed by atoms with Crippen LogP contribution in [0, 0.1) is 0 Å². The Labute approximate surface area is 285 Å². The summed E-state index contributed by atoms with van der Waals surface area (Å²) >= 11 is 0. The Kier molecular flexibility index (Phi) is 14.1. The lowest BCUT2D eigenvalue weighted by Gasteiger charge is -2.28. The minimum Gasteiger partial charge on any atom is -0.491 e. The fraction of sp³-hybridized carbons (Fsp3) is 0.514. The van der Waals surface area contributed by atoms with Gasteiger partial charge in [0, 0.05) is 38.4 Å². The molecule has 1 N–H and O–H groups in total. The smallest absolute Gasteiger partial charge is 0.491 e. The molecule has 11 heteroatoms. The summed E-state index contributed by atoms with van der Waals surface area (Å²) in [6.45, 7) is 10.9. The van der Waals surface area contributed by atoms with E-state index in [2.05, 4.69) is 36.4 Å². The molecule has 0 aliphatic carbocycles. The van der Waals surface area contributed by atoms with E-state index in [0.29, 0.717) is 51.4 Å². The average molecular weight is 683 g/mol. The van der Waals surface area contributed by atoms with E-state index < -0.39 is 14.9 Å². The van der Waals surface area contributed by atoms with Crippen molar-refractivity contribution in [1.29, 1.82) is 0 Å². The predicted octanol–water partition coefficient (Wildman–Crippen LogP) is 5.62. The highest BCUT2D eigenvalue weighted by Crippen LogP contribution is 2.35. The van der Waals surface area contributed by atoms with Gasteiger partial charge in [0.25, 0.3) is 0 Å².